The molecule has 0 bridgehead atoms. The van der Waals surface area contributed by atoms with Crippen molar-refractivity contribution in [1.29, 1.82) is 0 Å². The number of nitrogens with zero attached hydrogens (tertiary/aromatic N) is 2. The first-order valence-corrected chi connectivity index (χ1v) is 10.3. The number of benzene rings is 2. The van der Waals surface area contributed by atoms with Gasteiger partial charge in [-0.1, -0.05) is 48.7 Å². The molecule has 5 nitrogen and oxygen atoms in total. The molecule has 3 amide bonds. The average molecular weight is 390 g/mol. The molecule has 0 N–H and O–H groups in total. The lowest BCUT2D eigenvalue weighted by molar-refractivity contribution is -0.123. The van der Waals surface area contributed by atoms with Gasteiger partial charge in [-0.25, -0.2) is 4.90 Å². The second-order valence-corrected chi connectivity index (χ2v) is 8.09. The average Bonchev–Trinajstić information content (AvgIpc) is 3.32. The topological polar surface area (TPSA) is 57.7 Å². The summed E-state index contributed by atoms with van der Waals surface area (Å²) in [5, 5.41) is 0. The third-order valence-electron chi connectivity index (χ3n) is 6.08. The highest BCUT2D eigenvalue weighted by atomic mass is 16.2. The Bertz CT molecular complexity index is 945. The Hall–Kier alpha value is -2.95. The van der Waals surface area contributed by atoms with E-state index in [2.05, 4.69) is 0 Å². The SMILES string of the molecule is Cc1ccc(N2C(=O)CC(N(C(=O)c3ccccc3C)C3CCCC3)C2=O)cc1. The molecule has 2 aromatic carbocycles. The third kappa shape index (κ3) is 3.57. The second kappa shape index (κ2) is 7.82. The first-order chi connectivity index (χ1) is 14.0. The van der Waals surface area contributed by atoms with Gasteiger partial charge in [0.2, 0.25) is 5.91 Å². The predicted octanol–water partition coefficient (Wildman–Crippen LogP) is 4.02. The van der Waals surface area contributed by atoms with Crippen molar-refractivity contribution in [2.24, 2.45) is 0 Å². The molecule has 1 unspecified atom stereocenters. The van der Waals surface area contributed by atoms with Gasteiger partial charge >= 0.3 is 0 Å². The highest BCUT2D eigenvalue weighted by Crippen LogP contribution is 2.33. The zero-order valence-corrected chi connectivity index (χ0v) is 16.9. The van der Waals surface area contributed by atoms with Crippen LogP contribution in [0.15, 0.2) is 48.5 Å². The summed E-state index contributed by atoms with van der Waals surface area (Å²) in [6.45, 7) is 3.86. The summed E-state index contributed by atoms with van der Waals surface area (Å²) in [4.78, 5) is 42.6. The van der Waals surface area contributed by atoms with E-state index in [0.717, 1.165) is 36.8 Å². The normalized spacial score (nSPS) is 19.8. The van der Waals surface area contributed by atoms with Crippen LogP contribution in [0.1, 0.15) is 53.6 Å². The molecule has 5 heteroatoms. The molecule has 2 fully saturated rings. The van der Waals surface area contributed by atoms with Gasteiger partial charge in [0.15, 0.2) is 0 Å². The highest BCUT2D eigenvalue weighted by molar-refractivity contribution is 6.23. The van der Waals surface area contributed by atoms with Gasteiger partial charge in [-0.2, -0.15) is 0 Å². The number of amides is 3. The zero-order valence-electron chi connectivity index (χ0n) is 16.9. The van der Waals surface area contributed by atoms with Crippen molar-refractivity contribution in [3.8, 4) is 0 Å². The van der Waals surface area contributed by atoms with E-state index in [0.29, 0.717) is 11.3 Å². The van der Waals surface area contributed by atoms with Crippen LogP contribution in [0, 0.1) is 13.8 Å². The number of hydrogen-bond acceptors (Lipinski definition) is 3. The molecule has 0 aromatic heterocycles. The molecular weight excluding hydrogens is 364 g/mol. The fourth-order valence-electron chi connectivity index (χ4n) is 4.49. The minimum Gasteiger partial charge on any atom is -0.323 e. The van der Waals surface area contributed by atoms with Crippen LogP contribution in [-0.2, 0) is 9.59 Å². The van der Waals surface area contributed by atoms with Crippen molar-refractivity contribution in [2.75, 3.05) is 4.90 Å². The Morgan fingerprint density at radius 2 is 1.62 bits per heavy atom. The first kappa shape index (κ1) is 19.4. The second-order valence-electron chi connectivity index (χ2n) is 8.09. The summed E-state index contributed by atoms with van der Waals surface area (Å²) >= 11 is 0. The van der Waals surface area contributed by atoms with Crippen LogP contribution in [0.3, 0.4) is 0 Å². The van der Waals surface area contributed by atoms with Crippen molar-refractivity contribution >= 4 is 23.4 Å². The first-order valence-electron chi connectivity index (χ1n) is 10.3. The fourth-order valence-corrected chi connectivity index (χ4v) is 4.49. The molecule has 1 atom stereocenters. The van der Waals surface area contributed by atoms with E-state index in [9.17, 15) is 14.4 Å². The molecule has 150 valence electrons. The summed E-state index contributed by atoms with van der Waals surface area (Å²) in [5.41, 5.74) is 3.12. The van der Waals surface area contributed by atoms with Crippen LogP contribution in [0.25, 0.3) is 0 Å². The van der Waals surface area contributed by atoms with Gasteiger partial charge in [-0.15, -0.1) is 0 Å². The Kier molecular flexibility index (Phi) is 5.22. The molecule has 1 aliphatic carbocycles. The number of carbonyl (C=O) groups excluding carboxylic acids is 3. The van der Waals surface area contributed by atoms with E-state index in [1.54, 1.807) is 23.1 Å². The molecule has 29 heavy (non-hydrogen) atoms. The summed E-state index contributed by atoms with van der Waals surface area (Å²) in [6.07, 6.45) is 3.87. The van der Waals surface area contributed by atoms with E-state index in [4.69, 9.17) is 0 Å². The highest BCUT2D eigenvalue weighted by Gasteiger charge is 2.47. The lowest BCUT2D eigenvalue weighted by Crippen LogP contribution is -2.50. The minimum absolute atomic E-state index is 0.00169. The van der Waals surface area contributed by atoms with Crippen LogP contribution in [-0.4, -0.2) is 34.7 Å². The van der Waals surface area contributed by atoms with Crippen LogP contribution in [0.4, 0.5) is 5.69 Å². The van der Waals surface area contributed by atoms with Crippen molar-refractivity contribution < 1.29 is 14.4 Å². The number of carbonyl (C=O) groups is 3. The predicted molar refractivity (Wildman–Crippen MR) is 112 cm³/mol. The Morgan fingerprint density at radius 3 is 2.28 bits per heavy atom. The van der Waals surface area contributed by atoms with Gasteiger partial charge in [-0.3, -0.25) is 14.4 Å². The molecule has 1 heterocycles. The van der Waals surface area contributed by atoms with Crippen LogP contribution < -0.4 is 4.90 Å². The van der Waals surface area contributed by atoms with E-state index < -0.39 is 6.04 Å². The third-order valence-corrected chi connectivity index (χ3v) is 6.08. The van der Waals surface area contributed by atoms with Gasteiger partial charge in [-0.05, 0) is 50.5 Å². The maximum Gasteiger partial charge on any atom is 0.257 e. The Balaban J connectivity index is 1.69. The monoisotopic (exact) mass is 390 g/mol. The molecule has 0 spiro atoms. The molecular formula is C24H26N2O3. The molecule has 1 saturated carbocycles. The standard InChI is InChI=1S/C24H26N2O3/c1-16-11-13-19(14-12-16)26-22(27)15-21(24(26)29)25(18-8-4-5-9-18)23(28)20-10-6-3-7-17(20)2/h3,6-7,10-14,18,21H,4-5,8-9,15H2,1-2H3. The Morgan fingerprint density at radius 1 is 0.966 bits per heavy atom. The number of hydrogen-bond donors (Lipinski definition) is 0. The maximum atomic E-state index is 13.5. The molecule has 0 radical (unpaired) electrons. The van der Waals surface area contributed by atoms with Gasteiger partial charge in [0.1, 0.15) is 6.04 Å². The van der Waals surface area contributed by atoms with Crippen molar-refractivity contribution in [2.45, 2.75) is 58.0 Å². The molecule has 2 aliphatic rings. The number of rotatable bonds is 4. The van der Waals surface area contributed by atoms with Gasteiger partial charge in [0.05, 0.1) is 12.1 Å². The van der Waals surface area contributed by atoms with Crippen LogP contribution >= 0.6 is 0 Å². The molecule has 4 rings (SSSR count). The van der Waals surface area contributed by atoms with Crippen LogP contribution in [0.2, 0.25) is 0 Å². The number of aryl methyl sites for hydroxylation is 2. The minimum atomic E-state index is -0.737. The summed E-state index contributed by atoms with van der Waals surface area (Å²) in [6, 6.07) is 14.1. The molecule has 1 saturated heterocycles. The van der Waals surface area contributed by atoms with Crippen molar-refractivity contribution in [3.05, 3.63) is 65.2 Å². The van der Waals surface area contributed by atoms with Gasteiger partial charge in [0, 0.05) is 11.6 Å². The smallest absolute Gasteiger partial charge is 0.257 e. The van der Waals surface area contributed by atoms with Gasteiger partial charge < -0.3 is 4.90 Å². The van der Waals surface area contributed by atoms with E-state index in [1.165, 1.54) is 4.90 Å². The van der Waals surface area contributed by atoms with E-state index in [1.807, 2.05) is 44.2 Å². The Labute approximate surface area is 171 Å². The lowest BCUT2D eigenvalue weighted by atomic mass is 10.0. The van der Waals surface area contributed by atoms with Crippen molar-refractivity contribution in [1.82, 2.24) is 4.90 Å². The van der Waals surface area contributed by atoms with Crippen molar-refractivity contribution in [3.63, 3.8) is 0 Å². The summed E-state index contributed by atoms with van der Waals surface area (Å²) in [7, 11) is 0. The van der Waals surface area contributed by atoms with Crippen LogP contribution in [0.5, 0.6) is 0 Å². The number of imide groups is 1. The lowest BCUT2D eigenvalue weighted by Gasteiger charge is -2.33. The summed E-state index contributed by atoms with van der Waals surface area (Å²) < 4.78 is 0. The molecule has 1 aliphatic heterocycles. The van der Waals surface area contributed by atoms with E-state index in [-0.39, 0.29) is 30.2 Å². The maximum absolute atomic E-state index is 13.5. The van der Waals surface area contributed by atoms with Gasteiger partial charge in [0.25, 0.3) is 11.8 Å². The fraction of sp³-hybridized carbons (Fsp3) is 0.375. The molecule has 2 aromatic rings. The zero-order chi connectivity index (χ0) is 20.5. The number of anilines is 1. The van der Waals surface area contributed by atoms with E-state index >= 15 is 0 Å². The largest absolute Gasteiger partial charge is 0.323 e. The summed E-state index contributed by atoms with van der Waals surface area (Å²) in [5.74, 6) is -0.691. The quantitative estimate of drug-likeness (QED) is 0.741.